The third-order valence-corrected chi connectivity index (χ3v) is 6.00. The number of nitrogens with zero attached hydrogens (tertiary/aromatic N) is 1. The minimum atomic E-state index is -0.265. The first-order valence-corrected chi connectivity index (χ1v) is 10.9. The molecule has 0 bridgehead atoms. The zero-order valence-corrected chi connectivity index (χ0v) is 19.1. The number of carbonyl (C=O) groups is 2. The zero-order valence-electron chi connectivity index (χ0n) is 17.5. The maximum Gasteiger partial charge on any atom is 0.265 e. The van der Waals surface area contributed by atoms with Gasteiger partial charge >= 0.3 is 0 Å². The molecular formula is C23H24ClN3O3S. The number of hydrogen-bond donors (Lipinski definition) is 2. The van der Waals surface area contributed by atoms with Crippen molar-refractivity contribution in [3.8, 4) is 5.75 Å². The number of methoxy groups -OCH3 is 1. The molecule has 2 N–H and O–H groups in total. The number of carbonyl (C=O) groups excluding carboxylic acids is 2. The highest BCUT2D eigenvalue weighted by atomic mass is 35.5. The molecule has 1 unspecified atom stereocenters. The Hall–Kier alpha value is -2.87. The lowest BCUT2D eigenvalue weighted by molar-refractivity contribution is 0.0940. The Morgan fingerprint density at radius 2 is 1.87 bits per heavy atom. The van der Waals surface area contributed by atoms with Crippen LogP contribution in [0, 0.1) is 0 Å². The van der Waals surface area contributed by atoms with Gasteiger partial charge in [0.15, 0.2) is 0 Å². The Kier molecular flexibility index (Phi) is 7.68. The molecule has 0 aliphatic heterocycles. The van der Waals surface area contributed by atoms with Gasteiger partial charge in [0, 0.05) is 17.7 Å². The summed E-state index contributed by atoms with van der Waals surface area (Å²) in [7, 11) is 5.53. The lowest BCUT2D eigenvalue weighted by Gasteiger charge is -2.26. The minimum Gasteiger partial charge on any atom is -0.496 e. The van der Waals surface area contributed by atoms with Crippen LogP contribution in [-0.4, -0.2) is 44.5 Å². The molecular weight excluding hydrogens is 434 g/mol. The Morgan fingerprint density at radius 1 is 1.10 bits per heavy atom. The van der Waals surface area contributed by atoms with Gasteiger partial charge in [0.2, 0.25) is 0 Å². The molecule has 0 radical (unpaired) electrons. The molecule has 0 saturated heterocycles. The number of benzene rings is 2. The number of halogens is 1. The second-order valence-corrected chi connectivity index (χ2v) is 8.41. The molecule has 0 saturated carbocycles. The number of ether oxygens (including phenoxy) is 1. The van der Waals surface area contributed by atoms with Crippen LogP contribution in [0.15, 0.2) is 60.0 Å². The van der Waals surface area contributed by atoms with E-state index in [1.165, 1.54) is 11.3 Å². The molecule has 2 amide bonds. The molecule has 162 valence electrons. The number of amides is 2. The van der Waals surface area contributed by atoms with Crippen LogP contribution in [-0.2, 0) is 0 Å². The van der Waals surface area contributed by atoms with Crippen molar-refractivity contribution in [2.45, 2.75) is 6.04 Å². The van der Waals surface area contributed by atoms with E-state index in [2.05, 4.69) is 10.6 Å². The SMILES string of the molecule is COc1ccccc1C(CNC(=O)c1ccc(Cl)c(NC(=O)c2cccs2)c1)N(C)C. The molecule has 6 nitrogen and oxygen atoms in total. The number of para-hydroxylation sites is 1. The Morgan fingerprint density at radius 3 is 2.55 bits per heavy atom. The van der Waals surface area contributed by atoms with Crippen molar-refractivity contribution in [3.05, 3.63) is 81.0 Å². The van der Waals surface area contributed by atoms with Gasteiger partial charge < -0.3 is 20.3 Å². The van der Waals surface area contributed by atoms with Crippen LogP contribution >= 0.6 is 22.9 Å². The predicted octanol–water partition coefficient (Wildman–Crippen LogP) is 4.70. The fourth-order valence-corrected chi connectivity index (χ4v) is 3.94. The molecule has 0 spiro atoms. The highest BCUT2D eigenvalue weighted by molar-refractivity contribution is 7.12. The second kappa shape index (κ2) is 10.4. The summed E-state index contributed by atoms with van der Waals surface area (Å²) in [5, 5.41) is 7.92. The fraction of sp³-hybridized carbons (Fsp3) is 0.217. The summed E-state index contributed by atoms with van der Waals surface area (Å²) in [6, 6.07) is 16.0. The number of anilines is 1. The Bertz CT molecular complexity index is 1050. The van der Waals surface area contributed by atoms with Gasteiger partial charge in [0.05, 0.1) is 28.7 Å². The average Bonchev–Trinajstić information content (AvgIpc) is 3.30. The van der Waals surface area contributed by atoms with Crippen molar-refractivity contribution in [1.82, 2.24) is 10.2 Å². The van der Waals surface area contributed by atoms with E-state index < -0.39 is 0 Å². The third-order valence-electron chi connectivity index (χ3n) is 4.80. The van der Waals surface area contributed by atoms with Gasteiger partial charge in [-0.1, -0.05) is 35.9 Å². The van der Waals surface area contributed by atoms with Gasteiger partial charge in [-0.05, 0) is 49.8 Å². The third kappa shape index (κ3) is 5.64. The van der Waals surface area contributed by atoms with Gasteiger partial charge in [-0.2, -0.15) is 0 Å². The lowest BCUT2D eigenvalue weighted by Crippen LogP contribution is -2.34. The smallest absolute Gasteiger partial charge is 0.265 e. The molecule has 1 aromatic heterocycles. The van der Waals surface area contributed by atoms with Gasteiger partial charge in [-0.3, -0.25) is 9.59 Å². The van der Waals surface area contributed by atoms with Crippen LogP contribution in [0.1, 0.15) is 31.6 Å². The quantitative estimate of drug-likeness (QED) is 0.514. The van der Waals surface area contributed by atoms with E-state index in [1.54, 1.807) is 37.4 Å². The van der Waals surface area contributed by atoms with E-state index in [9.17, 15) is 9.59 Å². The Balaban J connectivity index is 1.73. The number of thiophene rings is 1. The van der Waals surface area contributed by atoms with Crippen LogP contribution in [0.4, 0.5) is 5.69 Å². The highest BCUT2D eigenvalue weighted by Crippen LogP contribution is 2.28. The van der Waals surface area contributed by atoms with Gasteiger partial charge in [0.1, 0.15) is 5.75 Å². The lowest BCUT2D eigenvalue weighted by atomic mass is 10.0. The van der Waals surface area contributed by atoms with E-state index in [4.69, 9.17) is 16.3 Å². The van der Waals surface area contributed by atoms with Crippen LogP contribution in [0.25, 0.3) is 0 Å². The van der Waals surface area contributed by atoms with Crippen LogP contribution in [0.3, 0.4) is 0 Å². The zero-order chi connectivity index (χ0) is 22.4. The fourth-order valence-electron chi connectivity index (χ4n) is 3.16. The normalized spacial score (nSPS) is 11.8. The highest BCUT2D eigenvalue weighted by Gasteiger charge is 2.20. The van der Waals surface area contributed by atoms with E-state index >= 15 is 0 Å². The van der Waals surface area contributed by atoms with Crippen molar-refractivity contribution in [3.63, 3.8) is 0 Å². The summed E-state index contributed by atoms with van der Waals surface area (Å²) < 4.78 is 5.47. The molecule has 1 atom stereocenters. The van der Waals surface area contributed by atoms with Crippen molar-refractivity contribution in [2.24, 2.45) is 0 Å². The molecule has 31 heavy (non-hydrogen) atoms. The minimum absolute atomic E-state index is 0.0783. The van der Waals surface area contributed by atoms with E-state index in [0.717, 1.165) is 11.3 Å². The summed E-state index contributed by atoms with van der Waals surface area (Å²) in [5.74, 6) is 0.240. The average molecular weight is 458 g/mol. The standard InChI is InChI=1S/C23H24ClN3O3S/c1-27(2)19(16-7-4-5-8-20(16)30-3)14-25-22(28)15-10-11-17(24)18(13-15)26-23(29)21-9-6-12-31-21/h4-13,19H,14H2,1-3H3,(H,25,28)(H,26,29). The predicted molar refractivity (Wildman–Crippen MR) is 125 cm³/mol. The number of likely N-dealkylation sites (N-methyl/N-ethyl adjacent to an activating group) is 1. The molecule has 0 fully saturated rings. The summed E-state index contributed by atoms with van der Waals surface area (Å²) in [5.41, 5.74) is 1.78. The molecule has 1 heterocycles. The van der Waals surface area contributed by atoms with Gasteiger partial charge in [0.25, 0.3) is 11.8 Å². The first kappa shape index (κ1) is 22.8. The van der Waals surface area contributed by atoms with Gasteiger partial charge in [-0.25, -0.2) is 0 Å². The first-order chi connectivity index (χ1) is 14.9. The summed E-state index contributed by atoms with van der Waals surface area (Å²) in [6.07, 6.45) is 0. The van der Waals surface area contributed by atoms with Gasteiger partial charge in [-0.15, -0.1) is 11.3 Å². The molecule has 8 heteroatoms. The molecule has 2 aromatic carbocycles. The molecule has 3 aromatic rings. The maximum atomic E-state index is 12.8. The molecule has 3 rings (SSSR count). The number of nitrogens with one attached hydrogen (secondary N) is 2. The largest absolute Gasteiger partial charge is 0.496 e. The van der Waals surface area contributed by atoms with Crippen molar-refractivity contribution < 1.29 is 14.3 Å². The van der Waals surface area contributed by atoms with Crippen LogP contribution in [0.2, 0.25) is 5.02 Å². The molecule has 0 aliphatic rings. The first-order valence-electron chi connectivity index (χ1n) is 9.62. The summed E-state index contributed by atoms with van der Waals surface area (Å²) in [6.45, 7) is 0.381. The van der Waals surface area contributed by atoms with E-state index in [-0.39, 0.29) is 17.9 Å². The van der Waals surface area contributed by atoms with Crippen molar-refractivity contribution >= 4 is 40.4 Å². The van der Waals surface area contributed by atoms with Crippen LogP contribution < -0.4 is 15.4 Å². The number of rotatable bonds is 8. The summed E-state index contributed by atoms with van der Waals surface area (Å²) >= 11 is 7.56. The Labute approximate surface area is 190 Å². The summed E-state index contributed by atoms with van der Waals surface area (Å²) in [4.78, 5) is 27.7. The van der Waals surface area contributed by atoms with E-state index in [1.807, 2.05) is 48.6 Å². The number of hydrogen-bond acceptors (Lipinski definition) is 5. The van der Waals surface area contributed by atoms with Crippen molar-refractivity contribution in [2.75, 3.05) is 33.1 Å². The van der Waals surface area contributed by atoms with Crippen LogP contribution in [0.5, 0.6) is 5.75 Å². The van der Waals surface area contributed by atoms with Crippen molar-refractivity contribution in [1.29, 1.82) is 0 Å². The monoisotopic (exact) mass is 457 g/mol. The molecule has 0 aliphatic carbocycles. The maximum absolute atomic E-state index is 12.8. The second-order valence-electron chi connectivity index (χ2n) is 7.06. The van der Waals surface area contributed by atoms with E-state index in [0.29, 0.717) is 27.7 Å². The topological polar surface area (TPSA) is 70.7 Å².